The number of aromatic nitrogens is 1. The third-order valence-corrected chi connectivity index (χ3v) is 2.80. The fraction of sp³-hybridized carbons (Fsp3) is 0.529. The zero-order chi connectivity index (χ0) is 14.5. The Kier molecular flexibility index (Phi) is 5.46. The van der Waals surface area contributed by atoms with Crippen molar-refractivity contribution in [3.05, 3.63) is 35.7 Å². The normalized spacial score (nSPS) is 13.3. The molecule has 0 saturated heterocycles. The van der Waals surface area contributed by atoms with Crippen molar-refractivity contribution in [1.82, 2.24) is 4.98 Å². The van der Waals surface area contributed by atoms with Gasteiger partial charge in [-0.25, -0.2) is 0 Å². The number of aliphatic imine (C=N–C) groups is 1. The van der Waals surface area contributed by atoms with Crippen molar-refractivity contribution in [2.45, 2.75) is 54.4 Å². The van der Waals surface area contributed by atoms with Gasteiger partial charge in [0.2, 0.25) is 0 Å². The van der Waals surface area contributed by atoms with Crippen LogP contribution in [-0.4, -0.2) is 10.7 Å². The summed E-state index contributed by atoms with van der Waals surface area (Å²) in [6.07, 6.45) is 6.56. The van der Waals surface area contributed by atoms with Crippen LogP contribution < -0.4 is 0 Å². The van der Waals surface area contributed by atoms with Crippen LogP contribution in [0.3, 0.4) is 0 Å². The van der Waals surface area contributed by atoms with Gasteiger partial charge in [0, 0.05) is 11.4 Å². The zero-order valence-corrected chi connectivity index (χ0v) is 13.1. The van der Waals surface area contributed by atoms with Gasteiger partial charge in [0.1, 0.15) is 0 Å². The first-order valence-corrected chi connectivity index (χ1v) is 6.94. The van der Waals surface area contributed by atoms with Crippen LogP contribution >= 0.6 is 0 Å². The van der Waals surface area contributed by atoms with Crippen LogP contribution in [0.4, 0.5) is 5.69 Å². The maximum absolute atomic E-state index is 4.65. The third kappa shape index (κ3) is 6.32. The highest BCUT2D eigenvalue weighted by molar-refractivity contribution is 5.84. The molecule has 0 spiro atoms. The van der Waals surface area contributed by atoms with E-state index in [-0.39, 0.29) is 5.41 Å². The van der Waals surface area contributed by atoms with Crippen molar-refractivity contribution < 1.29 is 0 Å². The number of hydrogen-bond donors (Lipinski definition) is 0. The number of nitrogens with zero attached hydrogens (tertiary/aromatic N) is 2. The maximum Gasteiger partial charge on any atom is 0.0841 e. The average Bonchev–Trinajstić information content (AvgIpc) is 2.27. The van der Waals surface area contributed by atoms with Gasteiger partial charge in [0.15, 0.2) is 0 Å². The molecule has 0 aliphatic heterocycles. The fourth-order valence-electron chi connectivity index (χ4n) is 1.79. The first-order chi connectivity index (χ1) is 8.78. The highest BCUT2D eigenvalue weighted by Crippen LogP contribution is 2.18. The van der Waals surface area contributed by atoms with Crippen molar-refractivity contribution in [3.8, 4) is 0 Å². The van der Waals surface area contributed by atoms with Gasteiger partial charge >= 0.3 is 0 Å². The second-order valence-electron chi connectivity index (χ2n) is 6.21. The summed E-state index contributed by atoms with van der Waals surface area (Å²) < 4.78 is 0. The fourth-order valence-corrected chi connectivity index (χ4v) is 1.79. The molecule has 0 radical (unpaired) electrons. The highest BCUT2D eigenvalue weighted by Gasteiger charge is 2.03. The Morgan fingerprint density at radius 1 is 1.26 bits per heavy atom. The maximum atomic E-state index is 4.65. The van der Waals surface area contributed by atoms with Crippen LogP contribution in [0.25, 0.3) is 0 Å². The van der Waals surface area contributed by atoms with Crippen LogP contribution in [0.2, 0.25) is 0 Å². The molecular weight excluding hydrogens is 232 g/mol. The minimum atomic E-state index is 0.266. The summed E-state index contributed by atoms with van der Waals surface area (Å²) >= 11 is 0. The summed E-state index contributed by atoms with van der Waals surface area (Å²) in [6, 6.07) is 4.06. The van der Waals surface area contributed by atoms with Crippen molar-refractivity contribution in [1.29, 1.82) is 0 Å². The summed E-state index contributed by atoms with van der Waals surface area (Å²) in [4.78, 5) is 9.09. The molecule has 1 heterocycles. The Bertz CT molecular complexity index is 477. The van der Waals surface area contributed by atoms with E-state index >= 15 is 0 Å². The van der Waals surface area contributed by atoms with E-state index in [2.05, 4.69) is 49.8 Å². The molecule has 2 nitrogen and oxygen atoms in total. The standard InChI is InChI=1S/C17H26N2/c1-13(9-7-8-12-17(4,5)6)19-16-11-10-14(2)18-15(16)3/h8,10-12H,7,9H2,1-6H3/b12-8-,19-13?. The van der Waals surface area contributed by atoms with Crippen LogP contribution in [0.15, 0.2) is 29.3 Å². The van der Waals surface area contributed by atoms with E-state index in [1.165, 1.54) is 0 Å². The Morgan fingerprint density at radius 2 is 1.95 bits per heavy atom. The molecule has 0 N–H and O–H groups in total. The van der Waals surface area contributed by atoms with E-state index in [0.717, 1.165) is 35.6 Å². The number of allylic oxidation sites excluding steroid dienone is 2. The molecule has 2 heteroatoms. The summed E-state index contributed by atoms with van der Waals surface area (Å²) in [6.45, 7) is 12.7. The first-order valence-electron chi connectivity index (χ1n) is 6.94. The molecule has 0 aliphatic rings. The van der Waals surface area contributed by atoms with Crippen LogP contribution in [0.1, 0.15) is 51.9 Å². The number of rotatable bonds is 4. The molecule has 1 aromatic rings. The van der Waals surface area contributed by atoms with Crippen molar-refractivity contribution in [2.75, 3.05) is 0 Å². The van der Waals surface area contributed by atoms with Gasteiger partial charge in [-0.3, -0.25) is 9.98 Å². The summed E-state index contributed by atoms with van der Waals surface area (Å²) in [5.41, 5.74) is 4.46. The van der Waals surface area contributed by atoms with Gasteiger partial charge in [-0.1, -0.05) is 32.9 Å². The molecule has 0 amide bonds. The van der Waals surface area contributed by atoms with Gasteiger partial charge in [0.25, 0.3) is 0 Å². The molecule has 1 rings (SSSR count). The van der Waals surface area contributed by atoms with Crippen molar-refractivity contribution in [2.24, 2.45) is 10.4 Å². The Balaban J connectivity index is 2.60. The Morgan fingerprint density at radius 3 is 2.53 bits per heavy atom. The van der Waals surface area contributed by atoms with E-state index in [1.807, 2.05) is 26.0 Å². The van der Waals surface area contributed by atoms with Gasteiger partial charge in [-0.05, 0) is 51.2 Å². The third-order valence-electron chi connectivity index (χ3n) is 2.80. The highest BCUT2D eigenvalue weighted by atomic mass is 14.8. The summed E-state index contributed by atoms with van der Waals surface area (Å²) in [5, 5.41) is 0. The van der Waals surface area contributed by atoms with Crippen LogP contribution in [0, 0.1) is 19.3 Å². The minimum Gasteiger partial charge on any atom is -0.256 e. The lowest BCUT2D eigenvalue weighted by Crippen LogP contribution is -1.98. The molecule has 0 atom stereocenters. The van der Waals surface area contributed by atoms with Crippen molar-refractivity contribution >= 4 is 11.4 Å². The lowest BCUT2D eigenvalue weighted by molar-refractivity contribution is 0.542. The molecule has 0 aromatic carbocycles. The van der Waals surface area contributed by atoms with E-state index in [0.29, 0.717) is 0 Å². The molecule has 0 bridgehead atoms. The predicted octanol–water partition coefficient (Wildman–Crippen LogP) is 5.17. The topological polar surface area (TPSA) is 25.2 Å². The zero-order valence-electron chi connectivity index (χ0n) is 13.1. The number of aryl methyl sites for hydroxylation is 2. The quantitative estimate of drug-likeness (QED) is 0.540. The summed E-state index contributed by atoms with van der Waals surface area (Å²) in [7, 11) is 0. The van der Waals surface area contributed by atoms with E-state index in [1.54, 1.807) is 0 Å². The van der Waals surface area contributed by atoms with E-state index < -0.39 is 0 Å². The largest absolute Gasteiger partial charge is 0.256 e. The Labute approximate surface area is 117 Å². The molecule has 0 aliphatic carbocycles. The number of hydrogen-bond acceptors (Lipinski definition) is 2. The smallest absolute Gasteiger partial charge is 0.0841 e. The molecular formula is C17H26N2. The molecule has 19 heavy (non-hydrogen) atoms. The summed E-state index contributed by atoms with van der Waals surface area (Å²) in [5.74, 6) is 0. The second kappa shape index (κ2) is 6.65. The van der Waals surface area contributed by atoms with Crippen LogP contribution in [0.5, 0.6) is 0 Å². The molecule has 0 saturated carbocycles. The van der Waals surface area contributed by atoms with E-state index in [9.17, 15) is 0 Å². The molecule has 104 valence electrons. The SMILES string of the molecule is CC(CC/C=C\C(C)(C)C)=Nc1ccc(C)nc1C. The monoisotopic (exact) mass is 258 g/mol. The van der Waals surface area contributed by atoms with Gasteiger partial charge < -0.3 is 0 Å². The second-order valence-corrected chi connectivity index (χ2v) is 6.21. The Hall–Kier alpha value is -1.44. The lowest BCUT2D eigenvalue weighted by atomic mass is 9.96. The predicted molar refractivity (Wildman–Crippen MR) is 84.3 cm³/mol. The van der Waals surface area contributed by atoms with Crippen molar-refractivity contribution in [3.63, 3.8) is 0 Å². The van der Waals surface area contributed by atoms with E-state index in [4.69, 9.17) is 0 Å². The minimum absolute atomic E-state index is 0.266. The van der Waals surface area contributed by atoms with Gasteiger partial charge in [0.05, 0.1) is 11.4 Å². The molecule has 0 fully saturated rings. The van der Waals surface area contributed by atoms with Gasteiger partial charge in [-0.15, -0.1) is 0 Å². The lowest BCUT2D eigenvalue weighted by Gasteiger charge is -2.10. The number of pyridine rings is 1. The van der Waals surface area contributed by atoms with Crippen LogP contribution in [-0.2, 0) is 0 Å². The molecule has 1 aromatic heterocycles. The van der Waals surface area contributed by atoms with Gasteiger partial charge in [-0.2, -0.15) is 0 Å². The molecule has 0 unspecified atom stereocenters. The first kappa shape index (κ1) is 15.6. The average molecular weight is 258 g/mol.